The molecular weight excluding hydrogens is 547 g/mol. The van der Waals surface area contributed by atoms with Crippen molar-refractivity contribution in [3.05, 3.63) is 66.0 Å². The first kappa shape index (κ1) is 27.4. The van der Waals surface area contributed by atoms with Crippen LogP contribution in [0.1, 0.15) is 40.6 Å². The number of amides is 3. The standard InChI is InChI=1S/C25H22F3N9O4/c1-14-8-16(35-41-14)11-36(13-38)21(39)19-20(29-2)32-12-37(19)24(6-7-24)23(40)34-18-5-3-4-17(33-18)15-9-30-22(31-10-15)25(26,27)28/h3-5,8-10,12-13,29H,6-7,11H2,1-2H3,(H,33,34,40). The summed E-state index contributed by atoms with van der Waals surface area (Å²) in [6.07, 6.45) is -0.244. The molecule has 41 heavy (non-hydrogen) atoms. The van der Waals surface area contributed by atoms with E-state index >= 15 is 0 Å². The Morgan fingerprint density at radius 1 is 1.20 bits per heavy atom. The number of carbonyl (C=O) groups is 3. The lowest BCUT2D eigenvalue weighted by Crippen LogP contribution is -2.38. The minimum absolute atomic E-state index is 0.00363. The molecule has 1 saturated carbocycles. The zero-order chi connectivity index (χ0) is 29.4. The molecule has 13 nitrogen and oxygen atoms in total. The van der Waals surface area contributed by atoms with E-state index in [1.54, 1.807) is 26.1 Å². The molecule has 3 amide bonds. The van der Waals surface area contributed by atoms with Crippen LogP contribution in [-0.4, -0.2) is 59.8 Å². The SMILES string of the molecule is CNc1ncn(C2(C(=O)Nc3cccc(-c4cnc(C(F)(F)F)nc4)n3)CC2)c1C(=O)N(C=O)Cc1cc(C)on1. The molecule has 4 aromatic heterocycles. The molecule has 0 spiro atoms. The molecule has 1 aliphatic carbocycles. The lowest BCUT2D eigenvalue weighted by molar-refractivity contribution is -0.145. The first-order valence-corrected chi connectivity index (χ1v) is 12.2. The number of nitrogens with zero attached hydrogens (tertiary/aromatic N) is 7. The summed E-state index contributed by atoms with van der Waals surface area (Å²) < 4.78 is 44.9. The molecule has 0 radical (unpaired) electrons. The Bertz CT molecular complexity index is 1610. The molecule has 5 rings (SSSR count). The van der Waals surface area contributed by atoms with Gasteiger partial charge in [-0.25, -0.2) is 19.9 Å². The van der Waals surface area contributed by atoms with Gasteiger partial charge in [-0.1, -0.05) is 11.2 Å². The van der Waals surface area contributed by atoms with Gasteiger partial charge in [0.05, 0.1) is 18.6 Å². The molecule has 4 heterocycles. The number of rotatable bonds is 9. The van der Waals surface area contributed by atoms with Crippen molar-refractivity contribution in [3.63, 3.8) is 0 Å². The molecule has 2 N–H and O–H groups in total. The molecule has 1 aliphatic rings. The number of nitrogens with one attached hydrogen (secondary N) is 2. The summed E-state index contributed by atoms with van der Waals surface area (Å²) in [5, 5.41) is 9.34. The van der Waals surface area contributed by atoms with Crippen molar-refractivity contribution in [2.75, 3.05) is 17.7 Å². The fraction of sp³-hybridized carbons (Fsp3) is 0.280. The number of imide groups is 1. The number of halogens is 3. The topological polar surface area (TPSA) is 161 Å². The van der Waals surface area contributed by atoms with E-state index in [9.17, 15) is 27.6 Å². The van der Waals surface area contributed by atoms with E-state index in [0.717, 1.165) is 17.3 Å². The van der Waals surface area contributed by atoms with Gasteiger partial charge in [0.15, 0.2) is 11.5 Å². The third kappa shape index (κ3) is 5.35. The molecule has 0 unspecified atom stereocenters. The second-order valence-corrected chi connectivity index (χ2v) is 9.22. The van der Waals surface area contributed by atoms with Gasteiger partial charge in [-0.05, 0) is 31.9 Å². The summed E-state index contributed by atoms with van der Waals surface area (Å²) in [6, 6.07) is 6.20. The fourth-order valence-electron chi connectivity index (χ4n) is 4.22. The van der Waals surface area contributed by atoms with Crippen molar-refractivity contribution in [2.24, 2.45) is 0 Å². The number of hydrogen-bond acceptors (Lipinski definition) is 10. The van der Waals surface area contributed by atoms with Gasteiger partial charge in [0.25, 0.3) is 11.8 Å². The van der Waals surface area contributed by atoms with Crippen LogP contribution in [0.2, 0.25) is 0 Å². The molecule has 0 bridgehead atoms. The molecule has 1 fully saturated rings. The molecule has 0 aliphatic heterocycles. The van der Waals surface area contributed by atoms with E-state index in [-0.39, 0.29) is 35.1 Å². The maximum Gasteiger partial charge on any atom is 0.451 e. The summed E-state index contributed by atoms with van der Waals surface area (Å²) in [4.78, 5) is 55.0. The maximum atomic E-state index is 13.5. The van der Waals surface area contributed by atoms with E-state index in [1.807, 2.05) is 0 Å². The van der Waals surface area contributed by atoms with Gasteiger partial charge in [-0.3, -0.25) is 19.3 Å². The van der Waals surface area contributed by atoms with E-state index in [1.165, 1.54) is 23.0 Å². The van der Waals surface area contributed by atoms with E-state index in [4.69, 9.17) is 4.52 Å². The van der Waals surface area contributed by atoms with E-state index in [0.29, 0.717) is 30.7 Å². The molecule has 16 heteroatoms. The first-order chi connectivity index (χ1) is 19.6. The smallest absolute Gasteiger partial charge is 0.371 e. The number of alkyl halides is 3. The van der Waals surface area contributed by atoms with Crippen LogP contribution in [0.4, 0.5) is 24.8 Å². The Kier molecular flexibility index (Phi) is 6.98. The number of aromatic nitrogens is 6. The zero-order valence-corrected chi connectivity index (χ0v) is 21.6. The predicted molar refractivity (Wildman–Crippen MR) is 135 cm³/mol. The third-order valence-electron chi connectivity index (χ3n) is 6.40. The summed E-state index contributed by atoms with van der Waals surface area (Å²) >= 11 is 0. The van der Waals surface area contributed by atoms with E-state index < -0.39 is 29.4 Å². The van der Waals surface area contributed by atoms with Gasteiger partial charge in [0.2, 0.25) is 12.2 Å². The summed E-state index contributed by atoms with van der Waals surface area (Å²) in [7, 11) is 1.55. The summed E-state index contributed by atoms with van der Waals surface area (Å²) in [5.74, 6) is -1.68. The lowest BCUT2D eigenvalue weighted by atomic mass is 10.2. The van der Waals surface area contributed by atoms with E-state index in [2.05, 4.69) is 35.7 Å². The summed E-state index contributed by atoms with van der Waals surface area (Å²) in [6.45, 7) is 1.52. The Hall–Kier alpha value is -5.15. The highest BCUT2D eigenvalue weighted by Gasteiger charge is 2.54. The largest absolute Gasteiger partial charge is 0.451 e. The minimum Gasteiger partial charge on any atom is -0.371 e. The van der Waals surface area contributed by atoms with Gasteiger partial charge < -0.3 is 19.7 Å². The normalized spacial score (nSPS) is 13.9. The average Bonchev–Trinajstić information content (AvgIpc) is 3.48. The third-order valence-corrected chi connectivity index (χ3v) is 6.40. The van der Waals surface area contributed by atoms with Crippen LogP contribution in [0.25, 0.3) is 11.3 Å². The van der Waals surface area contributed by atoms with Crippen molar-refractivity contribution in [1.29, 1.82) is 0 Å². The van der Waals surface area contributed by atoms with Gasteiger partial charge in [0.1, 0.15) is 22.8 Å². The predicted octanol–water partition coefficient (Wildman–Crippen LogP) is 3.02. The van der Waals surface area contributed by atoms with Crippen LogP contribution in [0.5, 0.6) is 0 Å². The maximum absolute atomic E-state index is 13.5. The number of aryl methyl sites for hydroxylation is 1. The molecule has 0 aromatic carbocycles. The Balaban J connectivity index is 1.39. The number of pyridine rings is 1. The van der Waals surface area contributed by atoms with Crippen molar-refractivity contribution in [3.8, 4) is 11.3 Å². The highest BCUT2D eigenvalue weighted by Crippen LogP contribution is 2.46. The van der Waals surface area contributed by atoms with Crippen molar-refractivity contribution in [1.82, 2.24) is 34.6 Å². The molecule has 4 aromatic rings. The molecule has 212 valence electrons. The van der Waals surface area contributed by atoms with Crippen LogP contribution in [0.3, 0.4) is 0 Å². The van der Waals surface area contributed by atoms with Crippen LogP contribution in [-0.2, 0) is 27.8 Å². The average molecular weight is 570 g/mol. The Labute approximate surface area is 229 Å². The van der Waals surface area contributed by atoms with Gasteiger partial charge >= 0.3 is 6.18 Å². The van der Waals surface area contributed by atoms with Crippen molar-refractivity contribution >= 4 is 29.9 Å². The highest BCUT2D eigenvalue weighted by molar-refractivity contribution is 6.04. The number of anilines is 2. The lowest BCUT2D eigenvalue weighted by Gasteiger charge is -2.22. The number of imidazole rings is 1. The van der Waals surface area contributed by atoms with Crippen LogP contribution < -0.4 is 10.6 Å². The Morgan fingerprint density at radius 3 is 2.51 bits per heavy atom. The number of hydrogen-bond donors (Lipinski definition) is 2. The van der Waals surface area contributed by atoms with Crippen molar-refractivity contribution < 1.29 is 32.1 Å². The Morgan fingerprint density at radius 2 is 1.93 bits per heavy atom. The molecule has 0 saturated heterocycles. The van der Waals surface area contributed by atoms with Gasteiger partial charge in [0, 0.05) is 31.1 Å². The minimum atomic E-state index is -4.68. The first-order valence-electron chi connectivity index (χ1n) is 12.2. The van der Waals surface area contributed by atoms with Crippen LogP contribution in [0.15, 0.2) is 47.5 Å². The van der Waals surface area contributed by atoms with Crippen molar-refractivity contribution in [2.45, 2.75) is 38.0 Å². The highest BCUT2D eigenvalue weighted by atomic mass is 19.4. The second-order valence-electron chi connectivity index (χ2n) is 9.22. The monoisotopic (exact) mass is 569 g/mol. The zero-order valence-electron chi connectivity index (χ0n) is 21.6. The van der Waals surface area contributed by atoms with Gasteiger partial charge in [-0.15, -0.1) is 0 Å². The van der Waals surface area contributed by atoms with Crippen LogP contribution >= 0.6 is 0 Å². The molecular formula is C25H22F3N9O4. The second kappa shape index (κ2) is 10.4. The fourth-order valence-corrected chi connectivity index (χ4v) is 4.22. The quantitative estimate of drug-likeness (QED) is 0.287. The van der Waals surface area contributed by atoms with Crippen LogP contribution in [0, 0.1) is 6.92 Å². The molecule has 0 atom stereocenters. The summed E-state index contributed by atoms with van der Waals surface area (Å²) in [5.41, 5.74) is -0.379. The number of carbonyl (C=O) groups excluding carboxylic acids is 3. The van der Waals surface area contributed by atoms with Gasteiger partial charge in [-0.2, -0.15) is 13.2 Å².